The van der Waals surface area contributed by atoms with E-state index >= 15 is 0 Å². The molecule has 0 heterocycles. The van der Waals surface area contributed by atoms with Gasteiger partial charge in [0, 0.05) is 25.7 Å². The Hall–Kier alpha value is -3.39. The summed E-state index contributed by atoms with van der Waals surface area (Å²) in [6.45, 7) is 6.59. The molecule has 0 bridgehead atoms. The first-order valence-electron chi connectivity index (χ1n) is 12.5. The summed E-state index contributed by atoms with van der Waals surface area (Å²) in [7, 11) is 1.56. The largest absolute Gasteiger partial charge is 0.508 e. The first-order valence-corrected chi connectivity index (χ1v) is 12.5. The first kappa shape index (κ1) is 28.8. The van der Waals surface area contributed by atoms with E-state index in [2.05, 4.69) is 24.5 Å². The third-order valence-electron chi connectivity index (χ3n) is 6.19. The Morgan fingerprint density at radius 1 is 1.03 bits per heavy atom. The summed E-state index contributed by atoms with van der Waals surface area (Å²) in [5, 5.41) is 15.3. The summed E-state index contributed by atoms with van der Waals surface area (Å²) in [5.74, 6) is 0.0670. The van der Waals surface area contributed by atoms with E-state index < -0.39 is 12.1 Å². The molecule has 3 amide bonds. The summed E-state index contributed by atoms with van der Waals surface area (Å²) in [6, 6.07) is 12.5. The molecule has 0 aliphatic heterocycles. The summed E-state index contributed by atoms with van der Waals surface area (Å²) in [4.78, 5) is 39.2. The number of benzene rings is 2. The molecule has 2 atom stereocenters. The molecule has 0 spiro atoms. The van der Waals surface area contributed by atoms with Crippen LogP contribution in [0.2, 0.25) is 0 Å². The third kappa shape index (κ3) is 9.34. The van der Waals surface area contributed by atoms with Crippen LogP contribution in [0.25, 0.3) is 0 Å². The van der Waals surface area contributed by atoms with Gasteiger partial charge in [-0.1, -0.05) is 44.2 Å². The lowest BCUT2D eigenvalue weighted by Crippen LogP contribution is -2.50. The fourth-order valence-electron chi connectivity index (χ4n) is 3.73. The minimum Gasteiger partial charge on any atom is -0.508 e. The highest BCUT2D eigenvalue weighted by Crippen LogP contribution is 2.19. The molecular weight excluding hydrogens is 456 g/mol. The maximum atomic E-state index is 12.9. The number of likely N-dealkylation sites (N-methyl/N-ethyl adjacent to an activating group) is 1. The maximum absolute atomic E-state index is 12.9. The average molecular weight is 497 g/mol. The molecular formula is C28H40N4O4. The number of nitrogens with zero attached hydrogens (tertiary/aromatic N) is 1. The van der Waals surface area contributed by atoms with E-state index in [0.29, 0.717) is 43.8 Å². The Bertz CT molecular complexity index is 1010. The molecule has 0 fully saturated rings. The van der Waals surface area contributed by atoms with Crippen LogP contribution in [0, 0.1) is 5.92 Å². The van der Waals surface area contributed by atoms with Gasteiger partial charge in [0.25, 0.3) is 0 Å². The zero-order valence-electron chi connectivity index (χ0n) is 21.8. The van der Waals surface area contributed by atoms with Gasteiger partial charge in [-0.15, -0.1) is 0 Å². The van der Waals surface area contributed by atoms with Gasteiger partial charge in [0.05, 0.1) is 6.04 Å². The third-order valence-corrected chi connectivity index (χ3v) is 6.19. The van der Waals surface area contributed by atoms with Crippen LogP contribution >= 0.6 is 0 Å². The van der Waals surface area contributed by atoms with Crippen LogP contribution in [-0.2, 0) is 27.2 Å². The van der Waals surface area contributed by atoms with Crippen LogP contribution in [0.4, 0.5) is 5.69 Å². The minimum atomic E-state index is -0.811. The lowest BCUT2D eigenvalue weighted by Gasteiger charge is -2.27. The molecule has 0 radical (unpaired) electrons. The van der Waals surface area contributed by atoms with Gasteiger partial charge in [0.2, 0.25) is 17.7 Å². The monoisotopic (exact) mass is 496 g/mol. The number of amides is 3. The minimum absolute atomic E-state index is 0.0366. The number of phenolic OH excluding ortho intramolecular Hbond substituents is 1. The van der Waals surface area contributed by atoms with Crippen LogP contribution in [-0.4, -0.2) is 53.4 Å². The van der Waals surface area contributed by atoms with E-state index in [4.69, 9.17) is 5.73 Å². The molecule has 2 aromatic rings. The second-order valence-corrected chi connectivity index (χ2v) is 9.63. The van der Waals surface area contributed by atoms with E-state index in [0.717, 1.165) is 17.5 Å². The second kappa shape index (κ2) is 14.2. The number of carbonyl (C=O) groups excluding carboxylic acids is 3. The van der Waals surface area contributed by atoms with Crippen LogP contribution in [0.1, 0.15) is 51.2 Å². The quantitative estimate of drug-likeness (QED) is 0.339. The first-order chi connectivity index (χ1) is 17.1. The van der Waals surface area contributed by atoms with Crippen molar-refractivity contribution < 1.29 is 19.5 Å². The highest BCUT2D eigenvalue weighted by atomic mass is 16.3. The van der Waals surface area contributed by atoms with Gasteiger partial charge in [-0.25, -0.2) is 0 Å². The molecule has 0 saturated heterocycles. The molecule has 5 N–H and O–H groups in total. The number of hydrogen-bond donors (Lipinski definition) is 4. The molecule has 0 aliphatic carbocycles. The SMILES string of the molecule is CC(C)CCNC(=O)CCCc1ccccc1NC(=O)[C@@H](C)N(C)C(=O)[C@@H](N)Cc1ccc(O)cc1. The van der Waals surface area contributed by atoms with Gasteiger partial charge in [0.15, 0.2) is 0 Å². The smallest absolute Gasteiger partial charge is 0.246 e. The number of rotatable bonds is 13. The summed E-state index contributed by atoms with van der Waals surface area (Å²) in [6.07, 6.45) is 2.99. The Labute approximate surface area is 214 Å². The van der Waals surface area contributed by atoms with Crippen LogP contribution in [0.3, 0.4) is 0 Å². The Morgan fingerprint density at radius 3 is 2.36 bits per heavy atom. The van der Waals surface area contributed by atoms with E-state index in [1.165, 1.54) is 4.90 Å². The topological polar surface area (TPSA) is 125 Å². The van der Waals surface area contributed by atoms with E-state index in [-0.39, 0.29) is 23.5 Å². The molecule has 0 aromatic heterocycles. The van der Waals surface area contributed by atoms with Crippen LogP contribution in [0.5, 0.6) is 5.75 Å². The molecule has 0 saturated carbocycles. The van der Waals surface area contributed by atoms with Crippen molar-refractivity contribution in [3.05, 3.63) is 59.7 Å². The number of para-hydroxylation sites is 1. The average Bonchev–Trinajstić information content (AvgIpc) is 2.84. The second-order valence-electron chi connectivity index (χ2n) is 9.63. The molecule has 196 valence electrons. The highest BCUT2D eigenvalue weighted by Gasteiger charge is 2.27. The fraction of sp³-hybridized carbons (Fsp3) is 0.464. The van der Waals surface area contributed by atoms with Crippen molar-refractivity contribution in [2.24, 2.45) is 11.7 Å². The number of nitrogens with two attached hydrogens (primary N) is 1. The van der Waals surface area contributed by atoms with Crippen molar-refractivity contribution in [3.63, 3.8) is 0 Å². The number of aryl methyl sites for hydroxylation is 1. The van der Waals surface area contributed by atoms with E-state index in [9.17, 15) is 19.5 Å². The summed E-state index contributed by atoms with van der Waals surface area (Å²) in [5.41, 5.74) is 8.54. The van der Waals surface area contributed by atoms with E-state index in [1.807, 2.05) is 24.3 Å². The highest BCUT2D eigenvalue weighted by molar-refractivity contribution is 5.98. The predicted octanol–water partition coefficient (Wildman–Crippen LogP) is 3.23. The van der Waals surface area contributed by atoms with Gasteiger partial charge in [-0.3, -0.25) is 14.4 Å². The standard InChI is InChI=1S/C28H40N4O4/c1-19(2)16-17-30-26(34)11-7-9-22-8-5-6-10-25(22)31-27(35)20(3)32(4)28(36)24(29)18-21-12-14-23(33)15-13-21/h5-6,8,10,12-15,19-20,24,33H,7,9,11,16-18,29H2,1-4H3,(H,30,34)(H,31,35)/t20-,24+/m1/s1. The molecule has 36 heavy (non-hydrogen) atoms. The van der Waals surface area contributed by atoms with Gasteiger partial charge >= 0.3 is 0 Å². The summed E-state index contributed by atoms with van der Waals surface area (Å²) >= 11 is 0. The van der Waals surface area contributed by atoms with Gasteiger partial charge in [-0.05, 0) is 67.9 Å². The molecule has 2 aromatic carbocycles. The van der Waals surface area contributed by atoms with Crippen molar-refractivity contribution in [2.45, 2.75) is 65.0 Å². The molecule has 2 rings (SSSR count). The van der Waals surface area contributed by atoms with Crippen LogP contribution in [0.15, 0.2) is 48.5 Å². The van der Waals surface area contributed by atoms with Gasteiger partial charge < -0.3 is 26.4 Å². The molecule has 8 heteroatoms. The molecule has 8 nitrogen and oxygen atoms in total. The van der Waals surface area contributed by atoms with Crippen molar-refractivity contribution in [2.75, 3.05) is 18.9 Å². The Morgan fingerprint density at radius 2 is 1.69 bits per heavy atom. The molecule has 0 unspecified atom stereocenters. The van der Waals surface area contributed by atoms with Crippen molar-refractivity contribution in [1.82, 2.24) is 10.2 Å². The Kier molecular flexibility index (Phi) is 11.4. The fourth-order valence-corrected chi connectivity index (χ4v) is 3.73. The Balaban J connectivity index is 1.89. The predicted molar refractivity (Wildman–Crippen MR) is 142 cm³/mol. The number of nitrogens with one attached hydrogen (secondary N) is 2. The number of carbonyl (C=O) groups is 3. The number of phenols is 1. The molecule has 0 aliphatic rings. The van der Waals surface area contributed by atoms with Crippen molar-refractivity contribution in [3.8, 4) is 5.75 Å². The zero-order valence-corrected chi connectivity index (χ0v) is 21.8. The van der Waals surface area contributed by atoms with E-state index in [1.54, 1.807) is 38.2 Å². The van der Waals surface area contributed by atoms with Crippen LogP contribution < -0.4 is 16.4 Å². The number of hydrogen-bond acceptors (Lipinski definition) is 5. The van der Waals surface area contributed by atoms with Crippen molar-refractivity contribution >= 4 is 23.4 Å². The number of anilines is 1. The lowest BCUT2D eigenvalue weighted by atomic mass is 10.0. The lowest BCUT2D eigenvalue weighted by molar-refractivity contribution is -0.137. The number of aromatic hydroxyl groups is 1. The zero-order chi connectivity index (χ0) is 26.7. The normalized spacial score (nSPS) is 12.6. The summed E-state index contributed by atoms with van der Waals surface area (Å²) < 4.78 is 0. The van der Waals surface area contributed by atoms with Gasteiger partial charge in [0.1, 0.15) is 11.8 Å². The maximum Gasteiger partial charge on any atom is 0.246 e. The van der Waals surface area contributed by atoms with Crippen molar-refractivity contribution in [1.29, 1.82) is 0 Å². The van der Waals surface area contributed by atoms with Gasteiger partial charge in [-0.2, -0.15) is 0 Å².